The lowest BCUT2D eigenvalue weighted by Crippen LogP contribution is -1.60. The first kappa shape index (κ1) is 9.79. The summed E-state index contributed by atoms with van der Waals surface area (Å²) < 4.78 is 0. The fraction of sp³-hybridized carbons (Fsp3) is 0.231. The molecule has 0 unspecified atom stereocenters. The minimum atomic E-state index is 0.960. The summed E-state index contributed by atoms with van der Waals surface area (Å²) in [6.07, 6.45) is 25.0. The number of rotatable bonds is 0. The zero-order chi connectivity index (χ0) is 9.19. The van der Waals surface area contributed by atoms with E-state index in [1.54, 1.807) is 0 Å². The van der Waals surface area contributed by atoms with E-state index in [-0.39, 0.29) is 0 Å². The van der Waals surface area contributed by atoms with Crippen molar-refractivity contribution in [1.82, 2.24) is 0 Å². The average Bonchev–Trinajstić information content (AvgIpc) is 2.18. The van der Waals surface area contributed by atoms with Gasteiger partial charge in [0.1, 0.15) is 0 Å². The van der Waals surface area contributed by atoms with E-state index in [0.717, 1.165) is 19.3 Å². The maximum atomic E-state index is 3.11. The first-order chi connectivity index (χ1) is 6.50. The van der Waals surface area contributed by atoms with E-state index in [0.29, 0.717) is 0 Å². The van der Waals surface area contributed by atoms with Gasteiger partial charge >= 0.3 is 0 Å². The van der Waals surface area contributed by atoms with Crippen molar-refractivity contribution in [3.05, 3.63) is 60.8 Å². The maximum absolute atomic E-state index is 3.11. The van der Waals surface area contributed by atoms with Crippen molar-refractivity contribution >= 4 is 0 Å². The molecule has 0 amide bonds. The zero-order valence-corrected chi connectivity index (χ0v) is 7.82. The van der Waals surface area contributed by atoms with Gasteiger partial charge in [-0.15, -0.1) is 0 Å². The van der Waals surface area contributed by atoms with Crippen LogP contribution in [-0.2, 0) is 0 Å². The van der Waals surface area contributed by atoms with Crippen LogP contribution in [0.5, 0.6) is 0 Å². The Labute approximate surface area is 80.7 Å². The molecule has 1 radical (unpaired) electrons. The van der Waals surface area contributed by atoms with E-state index in [2.05, 4.69) is 48.6 Å². The van der Waals surface area contributed by atoms with Crippen molar-refractivity contribution in [2.75, 3.05) is 0 Å². The van der Waals surface area contributed by atoms with E-state index < -0.39 is 0 Å². The summed E-state index contributed by atoms with van der Waals surface area (Å²) >= 11 is 0. The molecule has 0 nitrogen and oxygen atoms in total. The van der Waals surface area contributed by atoms with Gasteiger partial charge in [0.15, 0.2) is 0 Å². The highest BCUT2D eigenvalue weighted by atomic mass is 13.8. The lowest BCUT2D eigenvalue weighted by atomic mass is 10.3. The highest BCUT2D eigenvalue weighted by molar-refractivity contribution is 5.09. The van der Waals surface area contributed by atoms with Gasteiger partial charge in [0.05, 0.1) is 0 Å². The molecule has 0 aliphatic heterocycles. The van der Waals surface area contributed by atoms with Crippen LogP contribution in [0.15, 0.2) is 54.7 Å². The van der Waals surface area contributed by atoms with Gasteiger partial charge < -0.3 is 0 Å². The summed E-state index contributed by atoms with van der Waals surface area (Å²) in [6, 6.07) is 0. The molecule has 0 spiro atoms. The highest BCUT2D eigenvalue weighted by Gasteiger charge is 1.74. The predicted molar refractivity (Wildman–Crippen MR) is 58.2 cm³/mol. The Morgan fingerprint density at radius 2 is 1.38 bits per heavy atom. The van der Waals surface area contributed by atoms with Gasteiger partial charge in [-0.3, -0.25) is 0 Å². The van der Waals surface area contributed by atoms with Crippen molar-refractivity contribution in [3.63, 3.8) is 0 Å². The van der Waals surface area contributed by atoms with Crippen molar-refractivity contribution < 1.29 is 0 Å². The molecule has 0 aromatic carbocycles. The molecule has 0 saturated heterocycles. The molecule has 0 heterocycles. The molecule has 1 aliphatic carbocycles. The Kier molecular flexibility index (Phi) is 5.54. The number of hydrogen-bond donors (Lipinski definition) is 0. The molecule has 13 heavy (non-hydrogen) atoms. The fourth-order valence-electron chi connectivity index (χ4n) is 1.00. The molecular formula is C13H15. The van der Waals surface area contributed by atoms with E-state index in [1.165, 1.54) is 0 Å². The molecule has 67 valence electrons. The lowest BCUT2D eigenvalue weighted by Gasteiger charge is -1.80. The summed E-state index contributed by atoms with van der Waals surface area (Å²) in [7, 11) is 0. The maximum Gasteiger partial charge on any atom is -0.0157 e. The second-order valence-electron chi connectivity index (χ2n) is 2.81. The van der Waals surface area contributed by atoms with Crippen molar-refractivity contribution in [1.29, 1.82) is 0 Å². The Balaban J connectivity index is 2.49. The minimum Gasteiger partial charge on any atom is -0.0844 e. The van der Waals surface area contributed by atoms with Crippen molar-refractivity contribution in [2.45, 2.75) is 19.3 Å². The molecule has 0 aromatic rings. The Morgan fingerprint density at radius 1 is 0.692 bits per heavy atom. The van der Waals surface area contributed by atoms with Crippen LogP contribution in [0.3, 0.4) is 0 Å². The van der Waals surface area contributed by atoms with E-state index in [9.17, 15) is 0 Å². The molecule has 0 bridgehead atoms. The molecule has 1 rings (SSSR count). The summed E-state index contributed by atoms with van der Waals surface area (Å²) in [5.74, 6) is 0. The van der Waals surface area contributed by atoms with Crippen LogP contribution in [0.2, 0.25) is 0 Å². The largest absolute Gasteiger partial charge is 0.0844 e. The molecule has 0 N–H and O–H groups in total. The van der Waals surface area contributed by atoms with Gasteiger partial charge in [-0.05, 0) is 25.3 Å². The predicted octanol–water partition coefficient (Wildman–Crippen LogP) is 3.75. The third-order valence-corrected chi connectivity index (χ3v) is 1.68. The van der Waals surface area contributed by atoms with Gasteiger partial charge in [-0.2, -0.15) is 0 Å². The number of hydrogen-bond acceptors (Lipinski definition) is 0. The van der Waals surface area contributed by atoms with Gasteiger partial charge in [0.25, 0.3) is 0 Å². The Morgan fingerprint density at radius 3 is 2.23 bits per heavy atom. The van der Waals surface area contributed by atoms with Crippen LogP contribution in [0.4, 0.5) is 0 Å². The first-order valence-electron chi connectivity index (χ1n) is 4.69. The minimum absolute atomic E-state index is 0.960. The number of allylic oxidation sites excluding steroid dienone is 10. The summed E-state index contributed by atoms with van der Waals surface area (Å²) in [5.41, 5.74) is 0. The molecule has 0 fully saturated rings. The monoisotopic (exact) mass is 171 g/mol. The third-order valence-electron chi connectivity index (χ3n) is 1.68. The highest BCUT2D eigenvalue weighted by Crippen LogP contribution is 1.94. The van der Waals surface area contributed by atoms with Crippen molar-refractivity contribution in [3.8, 4) is 0 Å². The average molecular weight is 171 g/mol. The molecular weight excluding hydrogens is 156 g/mol. The third kappa shape index (κ3) is 5.92. The van der Waals surface area contributed by atoms with Gasteiger partial charge in [-0.25, -0.2) is 0 Å². The molecule has 0 atom stereocenters. The molecule has 0 heteroatoms. The van der Waals surface area contributed by atoms with E-state index in [4.69, 9.17) is 0 Å². The quantitative estimate of drug-likeness (QED) is 0.487. The second kappa shape index (κ2) is 7.35. The Hall–Kier alpha value is -1.30. The smallest absolute Gasteiger partial charge is 0.0157 e. The van der Waals surface area contributed by atoms with Crippen LogP contribution >= 0.6 is 0 Å². The standard InChI is InChI=1S/C13H15/c1-2-4-6-8-10-12-13-11-9-7-5-3-1/h1-4,7-9,12-13H,5-6,11H2/b3-1-,4-2+,9-7+,10-8?,13-12+. The molecule has 0 aromatic heterocycles. The summed E-state index contributed by atoms with van der Waals surface area (Å²) in [5, 5.41) is 0. The fourth-order valence-corrected chi connectivity index (χ4v) is 1.00. The van der Waals surface area contributed by atoms with Crippen LogP contribution in [0, 0.1) is 6.08 Å². The lowest BCUT2D eigenvalue weighted by molar-refractivity contribution is 1.31. The summed E-state index contributed by atoms with van der Waals surface area (Å²) in [4.78, 5) is 0. The van der Waals surface area contributed by atoms with Crippen LogP contribution in [0.1, 0.15) is 19.3 Å². The molecule has 0 saturated carbocycles. The van der Waals surface area contributed by atoms with Gasteiger partial charge in [0, 0.05) is 0 Å². The van der Waals surface area contributed by atoms with Crippen LogP contribution < -0.4 is 0 Å². The SMILES string of the molecule is [C]1=C/C/C=C/C=C\C/C=C/C/C=C/1. The van der Waals surface area contributed by atoms with Crippen LogP contribution in [-0.4, -0.2) is 0 Å². The molecule has 1 aliphatic rings. The zero-order valence-electron chi connectivity index (χ0n) is 7.82. The van der Waals surface area contributed by atoms with Gasteiger partial charge in [-0.1, -0.05) is 54.7 Å². The normalized spacial score (nSPS) is 30.2. The Bertz CT molecular complexity index is 223. The second-order valence-corrected chi connectivity index (χ2v) is 2.81. The first-order valence-corrected chi connectivity index (χ1v) is 4.69. The van der Waals surface area contributed by atoms with E-state index in [1.807, 2.05) is 12.2 Å². The van der Waals surface area contributed by atoms with Crippen LogP contribution in [0.25, 0.3) is 0 Å². The summed E-state index contributed by atoms with van der Waals surface area (Å²) in [6.45, 7) is 0. The topological polar surface area (TPSA) is 0 Å². The van der Waals surface area contributed by atoms with Gasteiger partial charge in [0.2, 0.25) is 0 Å². The van der Waals surface area contributed by atoms with E-state index >= 15 is 0 Å². The van der Waals surface area contributed by atoms with Crippen molar-refractivity contribution in [2.24, 2.45) is 0 Å².